The molecule has 1 aromatic rings. The minimum atomic E-state index is 0.203. The summed E-state index contributed by atoms with van der Waals surface area (Å²) in [5.41, 5.74) is 2.47. The van der Waals surface area contributed by atoms with Crippen LogP contribution in [-0.2, 0) is 11.3 Å². The first kappa shape index (κ1) is 12.7. The molecule has 1 aromatic carbocycles. The first-order valence-electron chi connectivity index (χ1n) is 7.20. The van der Waals surface area contributed by atoms with Gasteiger partial charge in [0.15, 0.2) is 0 Å². The summed E-state index contributed by atoms with van der Waals surface area (Å²) in [5.74, 6) is 0.509. The number of nitrogens with zero attached hydrogens (tertiary/aromatic N) is 1. The molecule has 3 nitrogen and oxygen atoms in total. The largest absolute Gasteiger partial charge is 0.341 e. The molecule has 3 atom stereocenters. The molecular formula is C16H22N2O. The molecule has 2 heterocycles. The Hall–Kier alpha value is -1.35. The molecule has 1 N–H and O–H groups in total. The Morgan fingerprint density at radius 2 is 2.05 bits per heavy atom. The van der Waals surface area contributed by atoms with E-state index in [2.05, 4.69) is 36.5 Å². The molecule has 2 aliphatic rings. The fourth-order valence-electron chi connectivity index (χ4n) is 3.43. The van der Waals surface area contributed by atoms with Gasteiger partial charge in [-0.1, -0.05) is 29.8 Å². The van der Waals surface area contributed by atoms with Gasteiger partial charge in [0.1, 0.15) is 0 Å². The summed E-state index contributed by atoms with van der Waals surface area (Å²) >= 11 is 0. The van der Waals surface area contributed by atoms with Gasteiger partial charge in [0.05, 0.1) is 5.92 Å². The number of carbonyl (C=O) groups excluding carboxylic acids is 1. The zero-order chi connectivity index (χ0) is 13.4. The Balaban J connectivity index is 1.62. The van der Waals surface area contributed by atoms with E-state index < -0.39 is 0 Å². The number of carbonyl (C=O) groups is 1. The number of fused-ring (bicyclic) bond motifs is 2. The molecule has 3 unspecified atom stereocenters. The molecule has 3 rings (SSSR count). The average Bonchev–Trinajstić information content (AvgIpc) is 3.03. The van der Waals surface area contributed by atoms with E-state index in [9.17, 15) is 4.79 Å². The monoisotopic (exact) mass is 258 g/mol. The standard InChI is InChI=1S/C16H22N2O/c1-11-3-5-12(6-4-11)10-18(2)16(19)14-9-13-7-8-15(14)17-13/h3-6,13-15,17H,7-10H2,1-2H3. The van der Waals surface area contributed by atoms with Crippen LogP contribution in [0.2, 0.25) is 0 Å². The van der Waals surface area contributed by atoms with Gasteiger partial charge in [0.25, 0.3) is 0 Å². The van der Waals surface area contributed by atoms with Crippen LogP contribution in [0.3, 0.4) is 0 Å². The molecule has 0 radical (unpaired) electrons. The van der Waals surface area contributed by atoms with Gasteiger partial charge >= 0.3 is 0 Å². The predicted octanol–water partition coefficient (Wildman–Crippen LogP) is 2.09. The van der Waals surface area contributed by atoms with Crippen LogP contribution in [0.25, 0.3) is 0 Å². The molecule has 102 valence electrons. The number of aryl methyl sites for hydroxylation is 1. The number of amides is 1. The molecule has 0 aliphatic carbocycles. The first-order valence-corrected chi connectivity index (χ1v) is 7.20. The van der Waals surface area contributed by atoms with Crippen LogP contribution in [0.5, 0.6) is 0 Å². The van der Waals surface area contributed by atoms with Crippen molar-refractivity contribution in [1.82, 2.24) is 10.2 Å². The second-order valence-electron chi connectivity index (χ2n) is 6.07. The molecule has 2 fully saturated rings. The Kier molecular flexibility index (Phi) is 3.31. The summed E-state index contributed by atoms with van der Waals surface area (Å²) in [4.78, 5) is 14.4. The lowest BCUT2D eigenvalue weighted by Gasteiger charge is -2.25. The second kappa shape index (κ2) is 4.97. The van der Waals surface area contributed by atoms with E-state index in [-0.39, 0.29) is 5.92 Å². The van der Waals surface area contributed by atoms with Crippen LogP contribution in [-0.4, -0.2) is 29.9 Å². The van der Waals surface area contributed by atoms with E-state index in [0.717, 1.165) is 6.42 Å². The molecule has 19 heavy (non-hydrogen) atoms. The van der Waals surface area contributed by atoms with Crippen molar-refractivity contribution in [2.75, 3.05) is 7.05 Å². The maximum Gasteiger partial charge on any atom is 0.227 e. The average molecular weight is 258 g/mol. The molecule has 3 heteroatoms. The molecule has 2 saturated heterocycles. The van der Waals surface area contributed by atoms with Crippen molar-refractivity contribution < 1.29 is 4.79 Å². The lowest BCUT2D eigenvalue weighted by molar-refractivity contribution is -0.135. The molecule has 0 aromatic heterocycles. The third-order valence-corrected chi connectivity index (χ3v) is 4.53. The van der Waals surface area contributed by atoms with Gasteiger partial charge < -0.3 is 10.2 Å². The molecular weight excluding hydrogens is 236 g/mol. The second-order valence-corrected chi connectivity index (χ2v) is 6.07. The quantitative estimate of drug-likeness (QED) is 0.900. The fourth-order valence-corrected chi connectivity index (χ4v) is 3.43. The Labute approximate surface area is 115 Å². The zero-order valence-corrected chi connectivity index (χ0v) is 11.7. The highest BCUT2D eigenvalue weighted by molar-refractivity contribution is 5.80. The number of nitrogens with one attached hydrogen (secondary N) is 1. The topological polar surface area (TPSA) is 32.3 Å². The minimum absolute atomic E-state index is 0.203. The molecule has 1 amide bonds. The SMILES string of the molecule is Cc1ccc(CN(C)C(=O)C2CC3CCC2N3)cc1. The van der Waals surface area contributed by atoms with Crippen LogP contribution in [0.1, 0.15) is 30.4 Å². The normalized spacial score (nSPS) is 28.6. The van der Waals surface area contributed by atoms with E-state index in [1.54, 1.807) is 0 Å². The maximum absolute atomic E-state index is 12.5. The van der Waals surface area contributed by atoms with Gasteiger partial charge in [-0.3, -0.25) is 4.79 Å². The van der Waals surface area contributed by atoms with Gasteiger partial charge in [-0.2, -0.15) is 0 Å². The van der Waals surface area contributed by atoms with Crippen molar-refractivity contribution in [3.63, 3.8) is 0 Å². The summed E-state index contributed by atoms with van der Waals surface area (Å²) in [7, 11) is 1.92. The van der Waals surface area contributed by atoms with E-state index in [1.807, 2.05) is 11.9 Å². The van der Waals surface area contributed by atoms with Crippen LogP contribution in [0.15, 0.2) is 24.3 Å². The van der Waals surface area contributed by atoms with Crippen molar-refractivity contribution in [1.29, 1.82) is 0 Å². The van der Waals surface area contributed by atoms with Gasteiger partial charge in [-0.15, -0.1) is 0 Å². The van der Waals surface area contributed by atoms with Gasteiger partial charge in [-0.25, -0.2) is 0 Å². The van der Waals surface area contributed by atoms with Crippen molar-refractivity contribution >= 4 is 5.91 Å². The van der Waals surface area contributed by atoms with Crippen LogP contribution in [0, 0.1) is 12.8 Å². The van der Waals surface area contributed by atoms with Crippen LogP contribution in [0.4, 0.5) is 0 Å². The maximum atomic E-state index is 12.5. The predicted molar refractivity (Wildman–Crippen MR) is 75.7 cm³/mol. The van der Waals surface area contributed by atoms with Crippen molar-refractivity contribution in [3.05, 3.63) is 35.4 Å². The fraction of sp³-hybridized carbons (Fsp3) is 0.562. The van der Waals surface area contributed by atoms with E-state index >= 15 is 0 Å². The number of hydrogen-bond acceptors (Lipinski definition) is 2. The molecule has 0 saturated carbocycles. The van der Waals surface area contributed by atoms with Crippen LogP contribution >= 0.6 is 0 Å². The molecule has 2 bridgehead atoms. The number of hydrogen-bond donors (Lipinski definition) is 1. The van der Waals surface area contributed by atoms with Gasteiger partial charge in [0, 0.05) is 25.7 Å². The van der Waals surface area contributed by atoms with Crippen molar-refractivity contribution in [2.45, 2.75) is 44.8 Å². The van der Waals surface area contributed by atoms with E-state index in [4.69, 9.17) is 0 Å². The van der Waals surface area contributed by atoms with Crippen molar-refractivity contribution in [3.8, 4) is 0 Å². The molecule has 0 spiro atoms. The highest BCUT2D eigenvalue weighted by atomic mass is 16.2. The minimum Gasteiger partial charge on any atom is -0.341 e. The highest BCUT2D eigenvalue weighted by Crippen LogP contribution is 2.34. The Morgan fingerprint density at radius 3 is 2.63 bits per heavy atom. The third-order valence-electron chi connectivity index (χ3n) is 4.53. The summed E-state index contributed by atoms with van der Waals surface area (Å²) < 4.78 is 0. The van der Waals surface area contributed by atoms with Crippen molar-refractivity contribution in [2.24, 2.45) is 5.92 Å². The first-order chi connectivity index (χ1) is 9.13. The number of benzene rings is 1. The lowest BCUT2D eigenvalue weighted by atomic mass is 9.88. The van der Waals surface area contributed by atoms with Gasteiger partial charge in [0.2, 0.25) is 5.91 Å². The number of rotatable bonds is 3. The lowest BCUT2D eigenvalue weighted by Crippen LogP contribution is -2.38. The summed E-state index contributed by atoms with van der Waals surface area (Å²) in [6.07, 6.45) is 3.44. The van der Waals surface area contributed by atoms with E-state index in [0.29, 0.717) is 24.5 Å². The Morgan fingerprint density at radius 1 is 1.32 bits per heavy atom. The summed E-state index contributed by atoms with van der Waals surface area (Å²) in [6, 6.07) is 9.44. The summed E-state index contributed by atoms with van der Waals surface area (Å²) in [5, 5.41) is 3.54. The summed E-state index contributed by atoms with van der Waals surface area (Å²) in [6.45, 7) is 2.80. The highest BCUT2D eigenvalue weighted by Gasteiger charge is 2.43. The molecule has 2 aliphatic heterocycles. The zero-order valence-electron chi connectivity index (χ0n) is 11.7. The third kappa shape index (κ3) is 2.52. The smallest absolute Gasteiger partial charge is 0.227 e. The van der Waals surface area contributed by atoms with E-state index in [1.165, 1.54) is 24.0 Å². The van der Waals surface area contributed by atoms with Crippen LogP contribution < -0.4 is 5.32 Å². The van der Waals surface area contributed by atoms with Gasteiger partial charge in [-0.05, 0) is 31.7 Å². The Bertz CT molecular complexity index is 468.